The van der Waals surface area contributed by atoms with E-state index in [4.69, 9.17) is 9.47 Å². The van der Waals surface area contributed by atoms with Gasteiger partial charge < -0.3 is 9.47 Å². The van der Waals surface area contributed by atoms with Crippen molar-refractivity contribution < 1.29 is 14.3 Å². The van der Waals surface area contributed by atoms with Crippen LogP contribution in [-0.4, -0.2) is 18.7 Å². The molecule has 116 valence electrons. The maximum absolute atomic E-state index is 11.7. The standard InChI is InChI=1S/C18H26O3/c1-6-18(5,7-2)14(4)21-16-12-10-9-11-15(16)13-17(19)20-8-3/h6,9-12,14H,1,7-8,13H2,2-5H3/t14-,18?/m1/s1. The minimum Gasteiger partial charge on any atom is -0.490 e. The van der Waals surface area contributed by atoms with Crippen molar-refractivity contribution in [1.82, 2.24) is 0 Å². The quantitative estimate of drug-likeness (QED) is 0.532. The highest BCUT2D eigenvalue weighted by atomic mass is 16.5. The maximum atomic E-state index is 11.7. The average molecular weight is 290 g/mol. The van der Waals surface area contributed by atoms with Gasteiger partial charge in [-0.3, -0.25) is 4.79 Å². The van der Waals surface area contributed by atoms with Gasteiger partial charge in [-0.15, -0.1) is 6.58 Å². The molecule has 1 unspecified atom stereocenters. The number of benzene rings is 1. The number of hydrogen-bond donors (Lipinski definition) is 0. The van der Waals surface area contributed by atoms with Crippen LogP contribution in [0.3, 0.4) is 0 Å². The Morgan fingerprint density at radius 1 is 1.38 bits per heavy atom. The molecule has 1 rings (SSSR count). The van der Waals surface area contributed by atoms with Gasteiger partial charge in [0, 0.05) is 11.0 Å². The zero-order valence-electron chi connectivity index (χ0n) is 13.5. The van der Waals surface area contributed by atoms with E-state index >= 15 is 0 Å². The minimum absolute atomic E-state index is 0.0247. The van der Waals surface area contributed by atoms with E-state index in [1.165, 1.54) is 0 Å². The van der Waals surface area contributed by atoms with Crippen molar-refractivity contribution in [2.45, 2.75) is 46.6 Å². The lowest BCUT2D eigenvalue weighted by atomic mass is 9.82. The molecule has 0 aliphatic rings. The third-order valence-electron chi connectivity index (χ3n) is 4.07. The Morgan fingerprint density at radius 2 is 2.05 bits per heavy atom. The first-order valence-electron chi connectivity index (χ1n) is 7.50. The van der Waals surface area contributed by atoms with Gasteiger partial charge in [-0.05, 0) is 26.3 Å². The number of hydrogen-bond acceptors (Lipinski definition) is 3. The molecule has 0 fully saturated rings. The van der Waals surface area contributed by atoms with Crippen LogP contribution in [0.25, 0.3) is 0 Å². The van der Waals surface area contributed by atoms with E-state index in [1.54, 1.807) is 6.92 Å². The molecular formula is C18H26O3. The molecule has 0 saturated carbocycles. The molecule has 0 radical (unpaired) electrons. The SMILES string of the molecule is C=CC(C)(CC)[C@@H](C)Oc1ccccc1CC(=O)OCC. The number of esters is 1. The van der Waals surface area contributed by atoms with Gasteiger partial charge in [-0.1, -0.05) is 38.1 Å². The average Bonchev–Trinajstić information content (AvgIpc) is 2.48. The second-order valence-electron chi connectivity index (χ2n) is 5.41. The lowest BCUT2D eigenvalue weighted by Crippen LogP contribution is -2.32. The lowest BCUT2D eigenvalue weighted by molar-refractivity contribution is -0.142. The molecule has 0 spiro atoms. The van der Waals surface area contributed by atoms with E-state index in [9.17, 15) is 4.79 Å². The number of carbonyl (C=O) groups is 1. The van der Waals surface area contributed by atoms with E-state index in [-0.39, 0.29) is 23.9 Å². The number of para-hydroxylation sites is 1. The predicted octanol–water partition coefficient (Wildman–Crippen LogP) is 4.16. The van der Waals surface area contributed by atoms with Crippen LogP contribution in [-0.2, 0) is 16.0 Å². The van der Waals surface area contributed by atoms with Crippen LogP contribution >= 0.6 is 0 Å². The molecule has 3 nitrogen and oxygen atoms in total. The van der Waals surface area contributed by atoms with E-state index < -0.39 is 0 Å². The number of ether oxygens (including phenoxy) is 2. The van der Waals surface area contributed by atoms with Gasteiger partial charge in [-0.25, -0.2) is 0 Å². The van der Waals surface area contributed by atoms with Gasteiger partial charge in [0.25, 0.3) is 0 Å². The van der Waals surface area contributed by atoms with Crippen molar-refractivity contribution in [2.75, 3.05) is 6.61 Å². The highest BCUT2D eigenvalue weighted by molar-refractivity contribution is 5.73. The van der Waals surface area contributed by atoms with Gasteiger partial charge in [0.05, 0.1) is 13.0 Å². The topological polar surface area (TPSA) is 35.5 Å². The molecule has 0 bridgehead atoms. The van der Waals surface area contributed by atoms with Crippen molar-refractivity contribution in [3.05, 3.63) is 42.5 Å². The summed E-state index contributed by atoms with van der Waals surface area (Å²) >= 11 is 0. The highest BCUT2D eigenvalue weighted by Crippen LogP contribution is 2.31. The normalized spacial score (nSPS) is 14.9. The van der Waals surface area contributed by atoms with E-state index in [2.05, 4.69) is 20.4 Å². The summed E-state index contributed by atoms with van der Waals surface area (Å²) in [5.74, 6) is 0.503. The summed E-state index contributed by atoms with van der Waals surface area (Å²) in [4.78, 5) is 11.7. The summed E-state index contributed by atoms with van der Waals surface area (Å²) in [6, 6.07) is 7.60. The molecule has 0 N–H and O–H groups in total. The summed E-state index contributed by atoms with van der Waals surface area (Å²) < 4.78 is 11.1. The molecule has 21 heavy (non-hydrogen) atoms. The summed E-state index contributed by atoms with van der Waals surface area (Å²) in [5.41, 5.74) is 0.752. The molecular weight excluding hydrogens is 264 g/mol. The van der Waals surface area contributed by atoms with Crippen molar-refractivity contribution in [3.63, 3.8) is 0 Å². The maximum Gasteiger partial charge on any atom is 0.310 e. The highest BCUT2D eigenvalue weighted by Gasteiger charge is 2.28. The van der Waals surface area contributed by atoms with Gasteiger partial charge >= 0.3 is 5.97 Å². The van der Waals surface area contributed by atoms with E-state index in [1.807, 2.05) is 37.3 Å². The third-order valence-corrected chi connectivity index (χ3v) is 4.07. The van der Waals surface area contributed by atoms with Crippen LogP contribution in [0.15, 0.2) is 36.9 Å². The van der Waals surface area contributed by atoms with Crippen LogP contribution in [0, 0.1) is 5.41 Å². The van der Waals surface area contributed by atoms with Crippen LogP contribution in [0.4, 0.5) is 0 Å². The van der Waals surface area contributed by atoms with Crippen LogP contribution < -0.4 is 4.74 Å². The fraction of sp³-hybridized carbons (Fsp3) is 0.500. The fourth-order valence-corrected chi connectivity index (χ4v) is 2.06. The first-order valence-corrected chi connectivity index (χ1v) is 7.50. The van der Waals surface area contributed by atoms with Gasteiger partial charge in [0.1, 0.15) is 11.9 Å². The molecule has 2 atom stereocenters. The minimum atomic E-state index is -0.233. The summed E-state index contributed by atoms with van der Waals surface area (Å²) in [6.07, 6.45) is 3.08. The fourth-order valence-electron chi connectivity index (χ4n) is 2.06. The monoisotopic (exact) mass is 290 g/mol. The molecule has 0 aliphatic carbocycles. The molecule has 0 saturated heterocycles. The molecule has 0 aromatic heterocycles. The molecule has 0 amide bonds. The molecule has 3 heteroatoms. The Hall–Kier alpha value is -1.77. The Labute approximate surface area is 128 Å². The predicted molar refractivity (Wildman–Crippen MR) is 85.5 cm³/mol. The van der Waals surface area contributed by atoms with E-state index in [0.29, 0.717) is 6.61 Å². The summed E-state index contributed by atoms with van der Waals surface area (Å²) in [5, 5.41) is 0. The van der Waals surface area contributed by atoms with Crippen LogP contribution in [0.2, 0.25) is 0 Å². The first-order chi connectivity index (χ1) is 9.96. The zero-order valence-corrected chi connectivity index (χ0v) is 13.5. The molecule has 1 aromatic carbocycles. The van der Waals surface area contributed by atoms with Crippen molar-refractivity contribution in [1.29, 1.82) is 0 Å². The largest absolute Gasteiger partial charge is 0.490 e. The molecule has 0 aliphatic heterocycles. The van der Waals surface area contributed by atoms with Crippen molar-refractivity contribution in [3.8, 4) is 5.75 Å². The van der Waals surface area contributed by atoms with Gasteiger partial charge in [-0.2, -0.15) is 0 Å². The summed E-state index contributed by atoms with van der Waals surface area (Å²) in [7, 11) is 0. The van der Waals surface area contributed by atoms with Gasteiger partial charge in [0.2, 0.25) is 0 Å². The van der Waals surface area contributed by atoms with E-state index in [0.717, 1.165) is 17.7 Å². The summed E-state index contributed by atoms with van der Waals surface area (Å²) in [6.45, 7) is 12.4. The van der Waals surface area contributed by atoms with Crippen molar-refractivity contribution in [2.24, 2.45) is 5.41 Å². The lowest BCUT2D eigenvalue weighted by Gasteiger charge is -2.32. The third kappa shape index (κ3) is 4.62. The Kier molecular flexibility index (Phi) is 6.47. The Balaban J connectivity index is 2.88. The first kappa shape index (κ1) is 17.3. The smallest absolute Gasteiger partial charge is 0.310 e. The second-order valence-corrected chi connectivity index (χ2v) is 5.41. The Morgan fingerprint density at radius 3 is 2.62 bits per heavy atom. The van der Waals surface area contributed by atoms with Crippen LogP contribution in [0.1, 0.15) is 39.7 Å². The van der Waals surface area contributed by atoms with Crippen molar-refractivity contribution >= 4 is 5.97 Å². The molecule has 1 aromatic rings. The van der Waals surface area contributed by atoms with Crippen LogP contribution in [0.5, 0.6) is 5.75 Å². The zero-order chi connectivity index (χ0) is 15.9. The Bertz CT molecular complexity index is 481. The number of carbonyl (C=O) groups excluding carboxylic acids is 1. The number of rotatable bonds is 8. The second kappa shape index (κ2) is 7.87. The van der Waals surface area contributed by atoms with Gasteiger partial charge in [0.15, 0.2) is 0 Å². The molecule has 0 heterocycles.